The highest BCUT2D eigenvalue weighted by Gasteiger charge is 2.13. The molecule has 0 aliphatic rings. The zero-order chi connectivity index (χ0) is 16.1. The van der Waals surface area contributed by atoms with Crippen LogP contribution in [0, 0.1) is 0 Å². The van der Waals surface area contributed by atoms with Gasteiger partial charge in [-0.1, -0.05) is 29.8 Å². The van der Waals surface area contributed by atoms with Crippen LogP contribution in [0.5, 0.6) is 0 Å². The van der Waals surface area contributed by atoms with Gasteiger partial charge in [-0.15, -0.1) is 0 Å². The second kappa shape index (κ2) is 6.95. The van der Waals surface area contributed by atoms with Crippen LogP contribution in [0.15, 0.2) is 48.5 Å². The Kier molecular flexibility index (Phi) is 5.01. The molecule has 2 aromatic rings. The van der Waals surface area contributed by atoms with Gasteiger partial charge in [0, 0.05) is 23.3 Å². The van der Waals surface area contributed by atoms with Crippen LogP contribution in [-0.4, -0.2) is 19.0 Å². The summed E-state index contributed by atoms with van der Waals surface area (Å²) in [4.78, 5) is 24.5. The summed E-state index contributed by atoms with van der Waals surface area (Å²) in [6, 6.07) is 13.5. The average molecular weight is 319 g/mol. The maximum Gasteiger partial charge on any atom is 0.414 e. The van der Waals surface area contributed by atoms with Crippen LogP contribution < -0.4 is 10.6 Å². The number of amides is 2. The summed E-state index contributed by atoms with van der Waals surface area (Å²) in [6.45, 7) is 0.135. The Morgan fingerprint density at radius 3 is 2.50 bits per heavy atom. The molecule has 0 fully saturated rings. The third kappa shape index (κ3) is 3.99. The molecular formula is C16H15ClN2O3. The molecule has 2 amide bonds. The topological polar surface area (TPSA) is 72.6 Å². The van der Waals surface area contributed by atoms with E-state index < -0.39 is 12.0 Å². The zero-order valence-electron chi connectivity index (χ0n) is 12.0. The maximum absolute atomic E-state index is 12.0. The van der Waals surface area contributed by atoms with Gasteiger partial charge in [-0.05, 0) is 35.9 Å². The van der Waals surface area contributed by atoms with Gasteiger partial charge in [0.05, 0.1) is 0 Å². The van der Waals surface area contributed by atoms with Crippen molar-refractivity contribution in [1.82, 2.24) is 0 Å². The molecule has 0 saturated carbocycles. The van der Waals surface area contributed by atoms with Crippen molar-refractivity contribution in [2.75, 3.05) is 11.9 Å². The van der Waals surface area contributed by atoms with E-state index in [9.17, 15) is 9.59 Å². The van der Waals surface area contributed by atoms with Crippen LogP contribution in [0.1, 0.15) is 15.9 Å². The van der Waals surface area contributed by atoms with Crippen LogP contribution in [0.25, 0.3) is 0 Å². The normalized spacial score (nSPS) is 10.1. The summed E-state index contributed by atoms with van der Waals surface area (Å²) >= 11 is 5.79. The molecular weight excluding hydrogens is 304 g/mol. The van der Waals surface area contributed by atoms with E-state index in [1.807, 2.05) is 0 Å². The zero-order valence-corrected chi connectivity index (χ0v) is 12.7. The summed E-state index contributed by atoms with van der Waals surface area (Å²) in [5.74, 6) is -0.551. The predicted molar refractivity (Wildman–Crippen MR) is 85.0 cm³/mol. The summed E-state index contributed by atoms with van der Waals surface area (Å²) < 4.78 is 5.21. The lowest BCUT2D eigenvalue weighted by Crippen LogP contribution is -2.27. The van der Waals surface area contributed by atoms with Crippen molar-refractivity contribution in [3.63, 3.8) is 0 Å². The molecule has 2 rings (SSSR count). The minimum Gasteiger partial charge on any atom is -0.444 e. The summed E-state index contributed by atoms with van der Waals surface area (Å²) in [5, 5.41) is 0.621. The average Bonchev–Trinajstić information content (AvgIpc) is 2.53. The first kappa shape index (κ1) is 15.9. The molecule has 0 saturated heterocycles. The van der Waals surface area contributed by atoms with E-state index in [0.29, 0.717) is 16.3 Å². The summed E-state index contributed by atoms with van der Waals surface area (Å²) in [5.41, 5.74) is 6.91. The molecule has 22 heavy (non-hydrogen) atoms. The first-order valence-corrected chi connectivity index (χ1v) is 6.90. The van der Waals surface area contributed by atoms with Crippen molar-refractivity contribution in [2.45, 2.75) is 6.61 Å². The van der Waals surface area contributed by atoms with E-state index in [1.165, 1.54) is 11.0 Å². The lowest BCUT2D eigenvalue weighted by atomic mass is 10.2. The van der Waals surface area contributed by atoms with E-state index in [1.54, 1.807) is 49.5 Å². The van der Waals surface area contributed by atoms with E-state index in [-0.39, 0.29) is 6.61 Å². The number of hydrogen-bond acceptors (Lipinski definition) is 3. The number of anilines is 1. The molecule has 6 heteroatoms. The molecule has 0 unspecified atom stereocenters. The van der Waals surface area contributed by atoms with Gasteiger partial charge in [-0.2, -0.15) is 0 Å². The molecule has 0 spiro atoms. The Labute approximate surface area is 133 Å². The van der Waals surface area contributed by atoms with Crippen molar-refractivity contribution >= 4 is 29.3 Å². The highest BCUT2D eigenvalue weighted by molar-refractivity contribution is 6.30. The number of hydrogen-bond donors (Lipinski definition) is 1. The van der Waals surface area contributed by atoms with E-state index in [2.05, 4.69) is 0 Å². The maximum atomic E-state index is 12.0. The van der Waals surface area contributed by atoms with Gasteiger partial charge in [-0.3, -0.25) is 9.69 Å². The van der Waals surface area contributed by atoms with Crippen LogP contribution in [0.4, 0.5) is 10.5 Å². The fraction of sp³-hybridized carbons (Fsp3) is 0.125. The molecule has 0 aliphatic carbocycles. The summed E-state index contributed by atoms with van der Waals surface area (Å²) in [6.07, 6.45) is -0.531. The van der Waals surface area contributed by atoms with Gasteiger partial charge in [-0.25, -0.2) is 4.79 Å². The molecule has 2 aromatic carbocycles. The number of nitrogens with zero attached hydrogens (tertiary/aromatic N) is 1. The number of ether oxygens (including phenoxy) is 1. The Bertz CT molecular complexity index is 686. The minimum atomic E-state index is -0.551. The molecule has 0 aliphatic heterocycles. The van der Waals surface area contributed by atoms with Crippen molar-refractivity contribution in [3.05, 3.63) is 64.7 Å². The highest BCUT2D eigenvalue weighted by atomic mass is 35.5. The van der Waals surface area contributed by atoms with Gasteiger partial charge in [0.2, 0.25) is 5.91 Å². The molecule has 0 bridgehead atoms. The van der Waals surface area contributed by atoms with E-state index in [0.717, 1.165) is 5.56 Å². The second-order valence-corrected chi connectivity index (χ2v) is 5.09. The first-order valence-electron chi connectivity index (χ1n) is 6.52. The van der Waals surface area contributed by atoms with Crippen LogP contribution in [0.2, 0.25) is 5.02 Å². The van der Waals surface area contributed by atoms with E-state index in [4.69, 9.17) is 22.1 Å². The quantitative estimate of drug-likeness (QED) is 0.940. The van der Waals surface area contributed by atoms with Crippen molar-refractivity contribution in [1.29, 1.82) is 0 Å². The first-order chi connectivity index (χ1) is 10.5. The van der Waals surface area contributed by atoms with Gasteiger partial charge < -0.3 is 10.5 Å². The number of benzene rings is 2. The number of halogens is 1. The largest absolute Gasteiger partial charge is 0.444 e. The Hall–Kier alpha value is -2.53. The fourth-order valence-electron chi connectivity index (χ4n) is 1.80. The monoisotopic (exact) mass is 318 g/mol. The number of nitrogens with two attached hydrogens (primary N) is 1. The number of primary amides is 1. The predicted octanol–water partition coefficient (Wildman–Crippen LogP) is 3.21. The minimum absolute atomic E-state index is 0.135. The molecule has 0 radical (unpaired) electrons. The van der Waals surface area contributed by atoms with Crippen LogP contribution in [0.3, 0.4) is 0 Å². The SMILES string of the molecule is CN(C(=O)OCc1ccc(Cl)cc1)c1cccc(C(N)=O)c1. The molecule has 5 nitrogen and oxygen atoms in total. The standard InChI is InChI=1S/C16H15ClN2O3/c1-19(14-4-2-3-12(9-14)15(18)20)16(21)22-10-11-5-7-13(17)8-6-11/h2-9H,10H2,1H3,(H2,18,20). The Morgan fingerprint density at radius 1 is 1.18 bits per heavy atom. The van der Waals surface area contributed by atoms with Gasteiger partial charge in [0.25, 0.3) is 0 Å². The van der Waals surface area contributed by atoms with E-state index >= 15 is 0 Å². The molecule has 2 N–H and O–H groups in total. The van der Waals surface area contributed by atoms with Crippen molar-refractivity contribution in [2.24, 2.45) is 5.73 Å². The number of carbonyl (C=O) groups excluding carboxylic acids is 2. The Balaban J connectivity index is 2.01. The van der Waals surface area contributed by atoms with Crippen molar-refractivity contribution < 1.29 is 14.3 Å². The van der Waals surface area contributed by atoms with Crippen LogP contribution >= 0.6 is 11.6 Å². The molecule has 114 valence electrons. The fourth-order valence-corrected chi connectivity index (χ4v) is 1.92. The highest BCUT2D eigenvalue weighted by Crippen LogP contribution is 2.16. The molecule has 0 atom stereocenters. The second-order valence-electron chi connectivity index (χ2n) is 4.65. The molecule has 0 aromatic heterocycles. The number of rotatable bonds is 4. The third-order valence-electron chi connectivity index (χ3n) is 3.07. The van der Waals surface area contributed by atoms with Gasteiger partial charge >= 0.3 is 6.09 Å². The van der Waals surface area contributed by atoms with Gasteiger partial charge in [0.15, 0.2) is 0 Å². The smallest absolute Gasteiger partial charge is 0.414 e. The Morgan fingerprint density at radius 2 is 1.86 bits per heavy atom. The van der Waals surface area contributed by atoms with Crippen LogP contribution in [-0.2, 0) is 11.3 Å². The lowest BCUT2D eigenvalue weighted by molar-refractivity contribution is 0.1000. The molecule has 0 heterocycles. The van der Waals surface area contributed by atoms with Gasteiger partial charge in [0.1, 0.15) is 6.61 Å². The third-order valence-corrected chi connectivity index (χ3v) is 3.32. The van der Waals surface area contributed by atoms with Crippen molar-refractivity contribution in [3.8, 4) is 0 Å². The number of carbonyl (C=O) groups is 2. The lowest BCUT2D eigenvalue weighted by Gasteiger charge is -2.17. The summed E-state index contributed by atoms with van der Waals surface area (Å²) in [7, 11) is 1.56.